The second kappa shape index (κ2) is 8.62. The molecule has 1 amide bonds. The van der Waals surface area contributed by atoms with Gasteiger partial charge in [-0.05, 0) is 19.1 Å². The van der Waals surface area contributed by atoms with Crippen molar-refractivity contribution in [3.8, 4) is 22.8 Å². The fourth-order valence-corrected chi connectivity index (χ4v) is 3.15. The molecule has 0 radical (unpaired) electrons. The van der Waals surface area contributed by atoms with Crippen LogP contribution < -0.4 is 0 Å². The van der Waals surface area contributed by atoms with Crippen LogP contribution in [-0.2, 0) is 11.3 Å². The monoisotopic (exact) mass is 417 g/mol. The average Bonchev–Trinajstić information content (AvgIpc) is 3.43. The van der Waals surface area contributed by atoms with E-state index in [4.69, 9.17) is 4.52 Å². The van der Waals surface area contributed by atoms with Crippen molar-refractivity contribution in [2.45, 2.75) is 13.5 Å². The minimum atomic E-state index is -1.12. The van der Waals surface area contributed by atoms with Gasteiger partial charge in [-0.3, -0.25) is 9.59 Å². The van der Waals surface area contributed by atoms with E-state index in [0.717, 1.165) is 11.3 Å². The van der Waals surface area contributed by atoms with E-state index in [0.29, 0.717) is 17.1 Å². The van der Waals surface area contributed by atoms with Gasteiger partial charge in [0, 0.05) is 11.3 Å². The van der Waals surface area contributed by atoms with Gasteiger partial charge in [0.05, 0.1) is 29.7 Å². The highest BCUT2D eigenvalue weighted by atomic mass is 16.5. The van der Waals surface area contributed by atoms with E-state index in [1.165, 1.54) is 11.2 Å². The molecule has 9 nitrogen and oxygen atoms in total. The molecule has 31 heavy (non-hydrogen) atoms. The zero-order chi connectivity index (χ0) is 21.8. The second-order valence-electron chi connectivity index (χ2n) is 6.86. The van der Waals surface area contributed by atoms with Gasteiger partial charge in [-0.25, -0.2) is 4.98 Å². The van der Waals surface area contributed by atoms with Gasteiger partial charge in [0.1, 0.15) is 6.54 Å². The molecule has 0 aliphatic carbocycles. The number of H-pyrrole nitrogens is 1. The van der Waals surface area contributed by atoms with Crippen molar-refractivity contribution in [2.75, 3.05) is 6.54 Å². The Morgan fingerprint density at radius 1 is 1.10 bits per heavy atom. The number of aryl methyl sites for hydroxylation is 1. The summed E-state index contributed by atoms with van der Waals surface area (Å²) in [6.45, 7) is 1.38. The van der Waals surface area contributed by atoms with Gasteiger partial charge in [0.15, 0.2) is 0 Å². The number of carboxylic acids is 1. The third kappa shape index (κ3) is 4.35. The van der Waals surface area contributed by atoms with Crippen LogP contribution in [0, 0.1) is 6.92 Å². The SMILES string of the molecule is Cc1[nH]cnc1CN(CC(=O)O)C(=O)c1ccccc1-c1nc(-c2ccccc2)no1. The predicted octanol–water partition coefficient (Wildman–Crippen LogP) is 3.16. The zero-order valence-electron chi connectivity index (χ0n) is 16.6. The van der Waals surface area contributed by atoms with Crippen molar-refractivity contribution in [3.63, 3.8) is 0 Å². The van der Waals surface area contributed by atoms with Crippen LogP contribution in [-0.4, -0.2) is 48.5 Å². The maximum absolute atomic E-state index is 13.3. The highest BCUT2D eigenvalue weighted by Gasteiger charge is 2.25. The van der Waals surface area contributed by atoms with Crippen molar-refractivity contribution < 1.29 is 19.2 Å². The number of hydrogen-bond donors (Lipinski definition) is 2. The molecule has 9 heteroatoms. The first kappa shape index (κ1) is 20.0. The number of aromatic nitrogens is 4. The smallest absolute Gasteiger partial charge is 0.323 e. The summed E-state index contributed by atoms with van der Waals surface area (Å²) < 4.78 is 5.42. The number of hydrogen-bond acceptors (Lipinski definition) is 6. The molecule has 0 unspecified atom stereocenters. The van der Waals surface area contributed by atoms with Crippen molar-refractivity contribution in [3.05, 3.63) is 77.9 Å². The van der Waals surface area contributed by atoms with Gasteiger partial charge in [-0.2, -0.15) is 4.98 Å². The molecule has 0 fully saturated rings. The summed E-state index contributed by atoms with van der Waals surface area (Å²) in [5.41, 5.74) is 2.83. The molecule has 0 aliphatic heterocycles. The first-order valence-electron chi connectivity index (χ1n) is 9.51. The Morgan fingerprint density at radius 3 is 2.55 bits per heavy atom. The van der Waals surface area contributed by atoms with Gasteiger partial charge in [-0.1, -0.05) is 47.6 Å². The summed E-state index contributed by atoms with van der Waals surface area (Å²) in [6, 6.07) is 16.1. The Balaban J connectivity index is 1.68. The molecule has 2 aromatic heterocycles. The van der Waals surface area contributed by atoms with E-state index in [9.17, 15) is 14.7 Å². The lowest BCUT2D eigenvalue weighted by atomic mass is 10.1. The van der Waals surface area contributed by atoms with Crippen LogP contribution in [0.2, 0.25) is 0 Å². The Bertz CT molecular complexity index is 1220. The van der Waals surface area contributed by atoms with Crippen LogP contribution in [0.25, 0.3) is 22.8 Å². The molecule has 0 saturated heterocycles. The fourth-order valence-electron chi connectivity index (χ4n) is 3.15. The Hall–Kier alpha value is -4.27. The number of carboxylic acid groups (broad SMARTS) is 1. The predicted molar refractivity (Wildman–Crippen MR) is 111 cm³/mol. The van der Waals surface area contributed by atoms with Gasteiger partial charge >= 0.3 is 5.97 Å². The number of carbonyl (C=O) groups excluding carboxylic acids is 1. The highest BCUT2D eigenvalue weighted by molar-refractivity contribution is 6.01. The van der Waals surface area contributed by atoms with Crippen molar-refractivity contribution >= 4 is 11.9 Å². The van der Waals surface area contributed by atoms with Crippen LogP contribution in [0.3, 0.4) is 0 Å². The fraction of sp³-hybridized carbons (Fsp3) is 0.136. The zero-order valence-corrected chi connectivity index (χ0v) is 16.6. The number of nitrogens with zero attached hydrogens (tertiary/aromatic N) is 4. The molecular formula is C22H19N5O4. The lowest BCUT2D eigenvalue weighted by molar-refractivity contribution is -0.137. The summed E-state index contributed by atoms with van der Waals surface area (Å²) in [5, 5.41) is 13.3. The van der Waals surface area contributed by atoms with E-state index >= 15 is 0 Å². The Morgan fingerprint density at radius 2 is 1.84 bits per heavy atom. The molecule has 2 aromatic carbocycles. The molecule has 4 rings (SSSR count). The van der Waals surface area contributed by atoms with E-state index in [2.05, 4.69) is 20.1 Å². The normalized spacial score (nSPS) is 10.7. The molecule has 2 N–H and O–H groups in total. The van der Waals surface area contributed by atoms with E-state index in [1.807, 2.05) is 37.3 Å². The number of nitrogens with one attached hydrogen (secondary N) is 1. The summed E-state index contributed by atoms with van der Waals surface area (Å²) in [7, 11) is 0. The number of aliphatic carboxylic acids is 1. The standard InChI is InChI=1S/C22H19N5O4/c1-14-18(24-13-23-14)11-27(12-19(28)29)22(30)17-10-6-5-9-16(17)21-25-20(26-31-21)15-7-3-2-4-8-15/h2-10,13H,11-12H2,1H3,(H,23,24)(H,28,29). The Labute approximate surface area is 177 Å². The second-order valence-corrected chi connectivity index (χ2v) is 6.86. The van der Waals surface area contributed by atoms with E-state index in [-0.39, 0.29) is 18.0 Å². The molecule has 0 spiro atoms. The van der Waals surface area contributed by atoms with Crippen LogP contribution >= 0.6 is 0 Å². The van der Waals surface area contributed by atoms with Crippen LogP contribution in [0.1, 0.15) is 21.7 Å². The molecule has 0 atom stereocenters. The summed E-state index contributed by atoms with van der Waals surface area (Å²) in [4.78, 5) is 37.5. The largest absolute Gasteiger partial charge is 0.480 e. The molecule has 2 heterocycles. The number of rotatable bonds is 7. The van der Waals surface area contributed by atoms with Gasteiger partial charge < -0.3 is 19.5 Å². The molecule has 0 aliphatic rings. The average molecular weight is 417 g/mol. The summed E-state index contributed by atoms with van der Waals surface area (Å²) in [5.74, 6) is -1.02. The van der Waals surface area contributed by atoms with Crippen molar-refractivity contribution in [2.24, 2.45) is 0 Å². The third-order valence-electron chi connectivity index (χ3n) is 4.73. The summed E-state index contributed by atoms with van der Waals surface area (Å²) >= 11 is 0. The quantitative estimate of drug-likeness (QED) is 0.473. The lowest BCUT2D eigenvalue weighted by Gasteiger charge is -2.21. The van der Waals surface area contributed by atoms with Crippen molar-refractivity contribution in [1.82, 2.24) is 25.0 Å². The van der Waals surface area contributed by atoms with Crippen LogP contribution in [0.5, 0.6) is 0 Å². The maximum atomic E-state index is 13.3. The molecule has 4 aromatic rings. The van der Waals surface area contributed by atoms with E-state index in [1.54, 1.807) is 24.3 Å². The minimum Gasteiger partial charge on any atom is -0.480 e. The first-order valence-corrected chi connectivity index (χ1v) is 9.51. The third-order valence-corrected chi connectivity index (χ3v) is 4.73. The minimum absolute atomic E-state index is 0.0495. The molecule has 0 saturated carbocycles. The number of benzene rings is 2. The van der Waals surface area contributed by atoms with Crippen LogP contribution in [0.15, 0.2) is 65.4 Å². The van der Waals surface area contributed by atoms with Gasteiger partial charge in [0.2, 0.25) is 5.82 Å². The van der Waals surface area contributed by atoms with Gasteiger partial charge in [0.25, 0.3) is 11.8 Å². The Kier molecular flexibility index (Phi) is 5.57. The highest BCUT2D eigenvalue weighted by Crippen LogP contribution is 2.26. The van der Waals surface area contributed by atoms with Crippen molar-refractivity contribution in [1.29, 1.82) is 0 Å². The number of carbonyl (C=O) groups is 2. The molecule has 156 valence electrons. The number of aromatic amines is 1. The lowest BCUT2D eigenvalue weighted by Crippen LogP contribution is -2.35. The first-order chi connectivity index (χ1) is 15.0. The topological polar surface area (TPSA) is 125 Å². The molecular weight excluding hydrogens is 398 g/mol. The van der Waals surface area contributed by atoms with Crippen LogP contribution in [0.4, 0.5) is 0 Å². The van der Waals surface area contributed by atoms with E-state index < -0.39 is 18.4 Å². The number of imidazole rings is 1. The number of amides is 1. The maximum Gasteiger partial charge on any atom is 0.323 e. The molecule has 0 bridgehead atoms. The summed E-state index contributed by atoms with van der Waals surface area (Å²) in [6.07, 6.45) is 1.51. The van der Waals surface area contributed by atoms with Gasteiger partial charge in [-0.15, -0.1) is 0 Å².